The van der Waals surface area contributed by atoms with Gasteiger partial charge in [0.2, 0.25) is 0 Å². The molecule has 1 aromatic carbocycles. The number of hydrogen-bond donors (Lipinski definition) is 2. The van der Waals surface area contributed by atoms with Gasteiger partial charge in [-0.1, -0.05) is 37.3 Å². The highest BCUT2D eigenvalue weighted by molar-refractivity contribution is 5.46. The van der Waals surface area contributed by atoms with Crippen molar-refractivity contribution >= 4 is 0 Å². The number of ether oxygens (including phenoxy) is 2. The number of allylic oxidation sites excluding steroid dienone is 1. The van der Waals surface area contributed by atoms with Gasteiger partial charge in [0, 0.05) is 26.8 Å². The molecule has 146 valence electrons. The zero-order valence-electron chi connectivity index (χ0n) is 16.1. The number of nitrogens with one attached hydrogen (secondary N) is 2. The maximum atomic E-state index is 12.6. The van der Waals surface area contributed by atoms with Crippen molar-refractivity contribution in [3.8, 4) is 0 Å². The number of hydrogen-bond acceptors (Lipinski definition) is 5. The topological polar surface area (TPSA) is 90.3 Å². The summed E-state index contributed by atoms with van der Waals surface area (Å²) < 4.78 is 13.4. The second kappa shape index (κ2) is 8.08. The second-order valence-electron chi connectivity index (χ2n) is 6.54. The molecule has 0 amide bonds. The van der Waals surface area contributed by atoms with Crippen LogP contribution < -0.4 is 16.7 Å². The lowest BCUT2D eigenvalue weighted by Gasteiger charge is -2.31. The van der Waals surface area contributed by atoms with Crippen LogP contribution in [-0.2, 0) is 16.5 Å². The van der Waals surface area contributed by atoms with Crippen LogP contribution in [0.25, 0.3) is 0 Å². The summed E-state index contributed by atoms with van der Waals surface area (Å²) in [7, 11) is 4.60. The number of benzene rings is 1. The van der Waals surface area contributed by atoms with E-state index in [1.165, 1.54) is 11.7 Å². The van der Waals surface area contributed by atoms with Gasteiger partial charge in [0.1, 0.15) is 0 Å². The van der Waals surface area contributed by atoms with Crippen LogP contribution in [-0.4, -0.2) is 35.1 Å². The van der Waals surface area contributed by atoms with Crippen molar-refractivity contribution in [1.29, 1.82) is 0 Å². The molecule has 1 aliphatic carbocycles. The second-order valence-corrected chi connectivity index (χ2v) is 6.54. The van der Waals surface area contributed by atoms with Gasteiger partial charge in [0.05, 0.1) is 12.1 Å². The van der Waals surface area contributed by atoms with Crippen LogP contribution in [0.4, 0.5) is 0 Å². The molecule has 8 nitrogen and oxygen atoms in total. The predicted molar refractivity (Wildman–Crippen MR) is 102 cm³/mol. The number of nitrogens with zero attached hydrogens (tertiary/aromatic N) is 2. The summed E-state index contributed by atoms with van der Waals surface area (Å²) in [6, 6.07) is 5.46. The van der Waals surface area contributed by atoms with Crippen molar-refractivity contribution in [2.75, 3.05) is 20.8 Å². The summed E-state index contributed by atoms with van der Waals surface area (Å²) >= 11 is 0. The van der Waals surface area contributed by atoms with Crippen LogP contribution in [0.3, 0.4) is 0 Å². The van der Waals surface area contributed by atoms with Gasteiger partial charge in [-0.25, -0.2) is 23.9 Å². The lowest BCUT2D eigenvalue weighted by molar-refractivity contribution is -0.106. The standard InChI is InChI=1S/C19H26N4O4/c1-5-11-20-14-9-10-15(23-19(25)22(2)18(24)21-23)16-12(14)7-6-8-13(16)17(26-3)27-4/h6-10,14-15,17,20H,5,11H2,1-4H3,(H,21,24)/t14-,15+/m0/s1. The minimum atomic E-state index is -0.577. The third kappa shape index (κ3) is 3.43. The lowest BCUT2D eigenvalue weighted by Crippen LogP contribution is -2.32. The Bertz CT molecular complexity index is 936. The average molecular weight is 374 g/mol. The van der Waals surface area contributed by atoms with E-state index in [-0.39, 0.29) is 6.04 Å². The molecule has 3 rings (SSSR count). The molecule has 1 aliphatic rings. The van der Waals surface area contributed by atoms with Gasteiger partial charge in [0.25, 0.3) is 0 Å². The first-order valence-corrected chi connectivity index (χ1v) is 9.01. The highest BCUT2D eigenvalue weighted by atomic mass is 16.7. The van der Waals surface area contributed by atoms with Gasteiger partial charge in [-0.3, -0.25) is 0 Å². The zero-order chi connectivity index (χ0) is 19.6. The summed E-state index contributed by atoms with van der Waals surface area (Å²) in [5, 5.41) is 6.14. The summed E-state index contributed by atoms with van der Waals surface area (Å²) in [6.07, 6.45) is 4.39. The molecular formula is C19H26N4O4. The number of rotatable bonds is 7. The summed E-state index contributed by atoms with van der Waals surface area (Å²) in [5.41, 5.74) is 1.90. The van der Waals surface area contributed by atoms with Gasteiger partial charge in [-0.05, 0) is 24.1 Å². The van der Waals surface area contributed by atoms with Crippen LogP contribution >= 0.6 is 0 Å². The molecule has 2 N–H and O–H groups in total. The Morgan fingerprint density at radius 2 is 1.96 bits per heavy atom. The largest absolute Gasteiger partial charge is 0.352 e. The molecule has 0 saturated carbocycles. The molecule has 0 radical (unpaired) electrons. The van der Waals surface area contributed by atoms with Gasteiger partial charge in [0.15, 0.2) is 6.29 Å². The third-order valence-corrected chi connectivity index (χ3v) is 4.88. The summed E-state index contributed by atoms with van der Waals surface area (Å²) in [4.78, 5) is 24.5. The Kier molecular flexibility index (Phi) is 5.79. The fraction of sp³-hybridized carbons (Fsp3) is 0.474. The SMILES string of the molecule is CCCN[C@H]1C=C[C@@H](n2[nH]c(=O)n(C)c2=O)c2c(C(OC)OC)cccc21. The van der Waals surface area contributed by atoms with Crippen molar-refractivity contribution in [3.05, 3.63) is 68.0 Å². The third-order valence-electron chi connectivity index (χ3n) is 4.88. The average Bonchev–Trinajstić information content (AvgIpc) is 2.94. The minimum Gasteiger partial charge on any atom is -0.352 e. The molecule has 1 aromatic heterocycles. The van der Waals surface area contributed by atoms with E-state index in [2.05, 4.69) is 17.3 Å². The quantitative estimate of drug-likeness (QED) is 0.564. The Morgan fingerprint density at radius 3 is 2.56 bits per heavy atom. The van der Waals surface area contributed by atoms with Gasteiger partial charge >= 0.3 is 11.4 Å². The molecule has 2 aromatic rings. The zero-order valence-corrected chi connectivity index (χ0v) is 16.1. The fourth-order valence-electron chi connectivity index (χ4n) is 3.54. The van der Waals surface area contributed by atoms with Crippen molar-refractivity contribution in [2.45, 2.75) is 31.7 Å². The molecule has 0 spiro atoms. The van der Waals surface area contributed by atoms with Crippen LogP contribution in [0.5, 0.6) is 0 Å². The van der Waals surface area contributed by atoms with E-state index in [1.54, 1.807) is 14.2 Å². The van der Waals surface area contributed by atoms with Crippen LogP contribution in [0.15, 0.2) is 39.9 Å². The summed E-state index contributed by atoms with van der Waals surface area (Å²) in [5.74, 6) is 0. The van der Waals surface area contributed by atoms with Gasteiger partial charge < -0.3 is 14.8 Å². The number of aromatic amines is 1. The maximum absolute atomic E-state index is 12.6. The highest BCUT2D eigenvalue weighted by Gasteiger charge is 2.30. The molecular weight excluding hydrogens is 348 g/mol. The Labute approximate surface area is 157 Å². The van der Waals surface area contributed by atoms with Crippen molar-refractivity contribution in [3.63, 3.8) is 0 Å². The number of fused-ring (bicyclic) bond motifs is 1. The number of H-pyrrole nitrogens is 1. The van der Waals surface area contributed by atoms with E-state index >= 15 is 0 Å². The molecule has 2 atom stereocenters. The molecule has 0 fully saturated rings. The van der Waals surface area contributed by atoms with Crippen LogP contribution in [0, 0.1) is 0 Å². The highest BCUT2D eigenvalue weighted by Crippen LogP contribution is 2.38. The smallest absolute Gasteiger partial charge is 0.347 e. The molecule has 8 heteroatoms. The van der Waals surface area contributed by atoms with Crippen LogP contribution in [0.2, 0.25) is 0 Å². The fourth-order valence-corrected chi connectivity index (χ4v) is 3.54. The molecule has 0 aliphatic heterocycles. The minimum absolute atomic E-state index is 0.0108. The normalized spacial score (nSPS) is 18.9. The van der Waals surface area contributed by atoms with E-state index in [0.717, 1.165) is 34.2 Å². The van der Waals surface area contributed by atoms with E-state index in [9.17, 15) is 9.59 Å². The molecule has 0 unspecified atom stereocenters. The van der Waals surface area contributed by atoms with E-state index in [1.807, 2.05) is 30.4 Å². The van der Waals surface area contributed by atoms with Crippen LogP contribution in [0.1, 0.15) is 48.4 Å². The molecule has 1 heterocycles. The Morgan fingerprint density at radius 1 is 1.22 bits per heavy atom. The van der Waals surface area contributed by atoms with Crippen molar-refractivity contribution < 1.29 is 9.47 Å². The summed E-state index contributed by atoms with van der Waals surface area (Å²) in [6.45, 7) is 2.98. The number of aromatic nitrogens is 3. The Hall–Kier alpha value is -2.42. The lowest BCUT2D eigenvalue weighted by atomic mass is 9.85. The van der Waals surface area contributed by atoms with E-state index in [4.69, 9.17) is 9.47 Å². The van der Waals surface area contributed by atoms with Crippen molar-refractivity contribution in [2.24, 2.45) is 7.05 Å². The Balaban J connectivity index is 2.20. The van der Waals surface area contributed by atoms with E-state index in [0.29, 0.717) is 0 Å². The van der Waals surface area contributed by atoms with Gasteiger partial charge in [-0.2, -0.15) is 0 Å². The maximum Gasteiger partial charge on any atom is 0.347 e. The first kappa shape index (κ1) is 19.3. The number of methoxy groups -OCH3 is 2. The van der Waals surface area contributed by atoms with Crippen molar-refractivity contribution in [1.82, 2.24) is 19.7 Å². The molecule has 0 saturated heterocycles. The first-order chi connectivity index (χ1) is 13.0. The predicted octanol–water partition coefficient (Wildman–Crippen LogP) is 1.37. The van der Waals surface area contributed by atoms with Gasteiger partial charge in [-0.15, -0.1) is 0 Å². The molecule has 27 heavy (non-hydrogen) atoms. The molecule has 0 bridgehead atoms. The van der Waals surface area contributed by atoms with E-state index < -0.39 is 23.7 Å². The first-order valence-electron chi connectivity index (χ1n) is 9.01. The monoisotopic (exact) mass is 374 g/mol.